The summed E-state index contributed by atoms with van der Waals surface area (Å²) in [5.74, 6) is 2.76. The molecular formula is C26H18F3N7O2. The average molecular weight is 517 g/mol. The fourth-order valence-corrected chi connectivity index (χ4v) is 4.06. The second-order valence-electron chi connectivity index (χ2n) is 8.24. The number of anilines is 1. The van der Waals surface area contributed by atoms with Crippen LogP contribution in [0, 0.1) is 11.8 Å². The van der Waals surface area contributed by atoms with Gasteiger partial charge in [0.15, 0.2) is 11.5 Å². The molecule has 1 amide bonds. The van der Waals surface area contributed by atoms with Crippen LogP contribution in [0.3, 0.4) is 0 Å². The Morgan fingerprint density at radius 2 is 1.87 bits per heavy atom. The highest BCUT2D eigenvalue weighted by molar-refractivity contribution is 6.04. The Kier molecular flexibility index (Phi) is 6.04. The SMILES string of the molecule is C[C@H](NC(=O)c1c(N)nn2cccnc12)c1nc2cccc(C#CC(F)(F)F)c2c(=O)n1-c1ccccc1. The summed E-state index contributed by atoms with van der Waals surface area (Å²) in [5.41, 5.74) is 6.04. The van der Waals surface area contributed by atoms with Crippen LogP contribution in [0.2, 0.25) is 0 Å². The topological polar surface area (TPSA) is 120 Å². The maximum Gasteiger partial charge on any atom is 0.458 e. The van der Waals surface area contributed by atoms with Gasteiger partial charge in [-0.1, -0.05) is 30.2 Å². The van der Waals surface area contributed by atoms with Crippen LogP contribution >= 0.6 is 0 Å². The molecule has 0 fully saturated rings. The second-order valence-corrected chi connectivity index (χ2v) is 8.24. The third-order valence-electron chi connectivity index (χ3n) is 5.66. The Labute approximate surface area is 212 Å². The number of nitrogen functional groups attached to an aromatic ring is 1. The van der Waals surface area contributed by atoms with E-state index in [0.717, 1.165) is 0 Å². The van der Waals surface area contributed by atoms with Crippen molar-refractivity contribution in [2.24, 2.45) is 0 Å². The molecule has 0 saturated heterocycles. The summed E-state index contributed by atoms with van der Waals surface area (Å²) in [4.78, 5) is 35.7. The minimum atomic E-state index is -4.73. The molecule has 0 aliphatic heterocycles. The highest BCUT2D eigenvalue weighted by Crippen LogP contribution is 2.22. The van der Waals surface area contributed by atoms with Gasteiger partial charge < -0.3 is 11.1 Å². The Hall–Kier alpha value is -5.18. The molecule has 1 atom stereocenters. The fraction of sp³-hybridized carbons (Fsp3) is 0.115. The van der Waals surface area contributed by atoms with Crippen LogP contribution in [0.4, 0.5) is 19.0 Å². The van der Waals surface area contributed by atoms with Gasteiger partial charge in [-0.05, 0) is 37.3 Å². The predicted octanol–water partition coefficient (Wildman–Crippen LogP) is 3.42. The highest BCUT2D eigenvalue weighted by atomic mass is 19.4. The third kappa shape index (κ3) is 4.53. The van der Waals surface area contributed by atoms with Crippen LogP contribution in [-0.4, -0.2) is 36.2 Å². The normalized spacial score (nSPS) is 12.2. The van der Waals surface area contributed by atoms with E-state index in [1.807, 2.05) is 5.92 Å². The van der Waals surface area contributed by atoms with Gasteiger partial charge in [0.25, 0.3) is 11.5 Å². The van der Waals surface area contributed by atoms with Crippen LogP contribution in [0.25, 0.3) is 22.2 Å². The van der Waals surface area contributed by atoms with Crippen molar-refractivity contribution in [2.45, 2.75) is 19.1 Å². The first-order chi connectivity index (χ1) is 18.1. The van der Waals surface area contributed by atoms with E-state index < -0.39 is 23.7 Å². The molecule has 0 unspecified atom stereocenters. The molecule has 3 heterocycles. The number of halogens is 3. The number of benzene rings is 2. The lowest BCUT2D eigenvalue weighted by Gasteiger charge is -2.20. The van der Waals surface area contributed by atoms with Crippen molar-refractivity contribution in [2.75, 3.05) is 5.73 Å². The number of nitrogens with zero attached hydrogens (tertiary/aromatic N) is 5. The average Bonchev–Trinajstić information content (AvgIpc) is 3.23. The maximum atomic E-state index is 13.8. The maximum absolute atomic E-state index is 13.8. The Morgan fingerprint density at radius 1 is 1.11 bits per heavy atom. The largest absolute Gasteiger partial charge is 0.458 e. The van der Waals surface area contributed by atoms with E-state index in [2.05, 4.69) is 20.4 Å². The zero-order valence-corrected chi connectivity index (χ0v) is 19.7. The van der Waals surface area contributed by atoms with Crippen LogP contribution in [0.15, 0.2) is 71.8 Å². The van der Waals surface area contributed by atoms with E-state index in [0.29, 0.717) is 5.69 Å². The number of hydrogen-bond acceptors (Lipinski definition) is 6. The van der Waals surface area contributed by atoms with Crippen molar-refractivity contribution in [1.82, 2.24) is 29.5 Å². The number of nitrogens with two attached hydrogens (primary N) is 1. The molecule has 0 saturated carbocycles. The lowest BCUT2D eigenvalue weighted by Crippen LogP contribution is -2.33. The number of para-hydroxylation sites is 1. The van der Waals surface area contributed by atoms with Gasteiger partial charge in [-0.2, -0.15) is 13.2 Å². The quantitative estimate of drug-likeness (QED) is 0.353. The molecule has 2 aromatic carbocycles. The number of fused-ring (bicyclic) bond motifs is 2. The molecule has 0 spiro atoms. The van der Waals surface area contributed by atoms with Crippen LogP contribution < -0.4 is 16.6 Å². The van der Waals surface area contributed by atoms with Crippen LogP contribution in [0.5, 0.6) is 0 Å². The van der Waals surface area contributed by atoms with E-state index in [1.54, 1.807) is 49.5 Å². The van der Waals surface area contributed by atoms with Crippen LogP contribution in [0.1, 0.15) is 34.7 Å². The summed E-state index contributed by atoms with van der Waals surface area (Å²) in [6.07, 6.45) is -1.65. The van der Waals surface area contributed by atoms with Gasteiger partial charge in [-0.15, -0.1) is 5.10 Å². The van der Waals surface area contributed by atoms with Crippen molar-refractivity contribution in [1.29, 1.82) is 0 Å². The second kappa shape index (κ2) is 9.36. The summed E-state index contributed by atoms with van der Waals surface area (Å²) in [7, 11) is 0. The summed E-state index contributed by atoms with van der Waals surface area (Å²) in [5, 5.41) is 6.79. The molecule has 3 N–H and O–H groups in total. The van der Waals surface area contributed by atoms with Crippen molar-refractivity contribution in [3.63, 3.8) is 0 Å². The van der Waals surface area contributed by atoms with Crippen molar-refractivity contribution in [3.05, 3.63) is 94.3 Å². The molecule has 12 heteroatoms. The Morgan fingerprint density at radius 3 is 2.61 bits per heavy atom. The van der Waals surface area contributed by atoms with E-state index in [4.69, 9.17) is 5.73 Å². The van der Waals surface area contributed by atoms with E-state index in [9.17, 15) is 22.8 Å². The van der Waals surface area contributed by atoms with Crippen molar-refractivity contribution >= 4 is 28.3 Å². The number of nitrogens with one attached hydrogen (secondary N) is 1. The van der Waals surface area contributed by atoms with Gasteiger partial charge in [-0.3, -0.25) is 14.2 Å². The number of carbonyl (C=O) groups excluding carboxylic acids is 1. The molecular weight excluding hydrogens is 499 g/mol. The smallest absolute Gasteiger partial charge is 0.381 e. The van der Waals surface area contributed by atoms with E-state index in [1.165, 1.54) is 39.4 Å². The number of aromatic nitrogens is 5. The Balaban J connectivity index is 1.66. The molecule has 5 aromatic rings. The molecule has 0 bridgehead atoms. The van der Waals surface area contributed by atoms with Gasteiger partial charge in [0.1, 0.15) is 11.4 Å². The monoisotopic (exact) mass is 517 g/mol. The zero-order valence-electron chi connectivity index (χ0n) is 19.7. The molecule has 0 radical (unpaired) electrons. The molecule has 0 aliphatic carbocycles. The minimum Gasteiger partial charge on any atom is -0.381 e. The summed E-state index contributed by atoms with van der Waals surface area (Å²) < 4.78 is 41.0. The standard InChI is InChI=1S/C26H18F3N7O2/c1-15(32-24(37)20-21(30)34-35-14-6-13-31-23(20)35)22-33-18-10-5-7-16(11-12-26(27,28)29)19(18)25(38)36(22)17-8-3-2-4-9-17/h2-10,13-15H,1H3,(H2,30,34)(H,32,37)/t15-/m0/s1. The lowest BCUT2D eigenvalue weighted by atomic mass is 10.1. The van der Waals surface area contributed by atoms with Crippen molar-refractivity contribution < 1.29 is 18.0 Å². The molecule has 5 rings (SSSR count). The molecule has 190 valence electrons. The first-order valence-electron chi connectivity index (χ1n) is 11.2. The molecule has 9 nitrogen and oxygen atoms in total. The van der Waals surface area contributed by atoms with E-state index in [-0.39, 0.29) is 39.3 Å². The number of carbonyl (C=O) groups is 1. The summed E-state index contributed by atoms with van der Waals surface area (Å²) >= 11 is 0. The van der Waals surface area contributed by atoms with Gasteiger partial charge in [-0.25, -0.2) is 14.5 Å². The molecule has 3 aromatic heterocycles. The predicted molar refractivity (Wildman–Crippen MR) is 134 cm³/mol. The van der Waals surface area contributed by atoms with Crippen LogP contribution in [-0.2, 0) is 0 Å². The number of hydrogen-bond donors (Lipinski definition) is 2. The Bertz CT molecular complexity index is 1820. The highest BCUT2D eigenvalue weighted by Gasteiger charge is 2.26. The third-order valence-corrected chi connectivity index (χ3v) is 5.66. The van der Waals surface area contributed by atoms with Gasteiger partial charge in [0, 0.05) is 23.9 Å². The minimum absolute atomic E-state index is 0.0341. The number of alkyl halides is 3. The van der Waals surface area contributed by atoms with Gasteiger partial charge >= 0.3 is 6.18 Å². The van der Waals surface area contributed by atoms with Gasteiger partial charge in [0.05, 0.1) is 22.6 Å². The summed E-state index contributed by atoms with van der Waals surface area (Å²) in [6.45, 7) is 1.62. The lowest BCUT2D eigenvalue weighted by molar-refractivity contribution is -0.0696. The first kappa shape index (κ1) is 24.5. The van der Waals surface area contributed by atoms with Gasteiger partial charge in [0.2, 0.25) is 0 Å². The fourth-order valence-electron chi connectivity index (χ4n) is 4.06. The zero-order chi connectivity index (χ0) is 27.0. The molecule has 0 aliphatic rings. The summed E-state index contributed by atoms with van der Waals surface area (Å²) in [6, 6.07) is 13.5. The van der Waals surface area contributed by atoms with Crippen molar-refractivity contribution in [3.8, 4) is 17.5 Å². The number of rotatable bonds is 4. The van der Waals surface area contributed by atoms with E-state index >= 15 is 0 Å². The first-order valence-corrected chi connectivity index (χ1v) is 11.2. The number of amides is 1. The molecule has 38 heavy (non-hydrogen) atoms.